The molecule has 0 N–H and O–H groups in total. The molecule has 0 atom stereocenters. The molecule has 1 saturated heterocycles. The van der Waals surface area contributed by atoms with E-state index in [1.54, 1.807) is 11.3 Å². The van der Waals surface area contributed by atoms with Crippen LogP contribution >= 0.6 is 22.9 Å². The summed E-state index contributed by atoms with van der Waals surface area (Å²) in [5.41, 5.74) is 2.40. The zero-order valence-corrected chi connectivity index (χ0v) is 17.9. The number of halogens is 1. The van der Waals surface area contributed by atoms with E-state index in [0.717, 1.165) is 51.8 Å². The number of oxazole rings is 1. The molecule has 1 aliphatic rings. The Kier molecular flexibility index (Phi) is 5.43. The van der Waals surface area contributed by atoms with Crippen LogP contribution in [0.25, 0.3) is 11.1 Å². The summed E-state index contributed by atoms with van der Waals surface area (Å²) < 4.78 is 5.92. The zero-order chi connectivity index (χ0) is 19.8. The van der Waals surface area contributed by atoms with Crippen LogP contribution in [0, 0.1) is 12.8 Å². The summed E-state index contributed by atoms with van der Waals surface area (Å²) in [6, 6.07) is 5.49. The molecule has 5 nitrogen and oxygen atoms in total. The van der Waals surface area contributed by atoms with Gasteiger partial charge < -0.3 is 9.32 Å². The molecule has 0 bridgehead atoms. The highest BCUT2D eigenvalue weighted by molar-refractivity contribution is 7.13. The van der Waals surface area contributed by atoms with E-state index in [4.69, 9.17) is 16.0 Å². The third-order valence-corrected chi connectivity index (χ3v) is 6.52. The van der Waals surface area contributed by atoms with E-state index in [2.05, 4.69) is 23.8 Å². The summed E-state index contributed by atoms with van der Waals surface area (Å²) in [5, 5.41) is 1.71. The molecule has 4 rings (SSSR count). The van der Waals surface area contributed by atoms with Gasteiger partial charge in [-0.1, -0.05) is 25.4 Å². The number of benzene rings is 1. The Morgan fingerprint density at radius 1 is 1.32 bits per heavy atom. The zero-order valence-electron chi connectivity index (χ0n) is 16.4. The van der Waals surface area contributed by atoms with E-state index in [1.165, 1.54) is 0 Å². The number of fused-ring (bicyclic) bond motifs is 1. The molecular weight excluding hydrogens is 394 g/mol. The smallest absolute Gasteiger partial charge is 0.265 e. The van der Waals surface area contributed by atoms with Gasteiger partial charge in [0.15, 0.2) is 11.5 Å². The number of nitrogens with zero attached hydrogens (tertiary/aromatic N) is 3. The molecule has 28 heavy (non-hydrogen) atoms. The lowest BCUT2D eigenvalue weighted by Gasteiger charge is -2.30. The topological polar surface area (TPSA) is 59.2 Å². The molecular formula is C21H24ClN3O2S. The van der Waals surface area contributed by atoms with Crippen LogP contribution < -0.4 is 0 Å². The Labute approximate surface area is 173 Å². The molecule has 0 spiro atoms. The van der Waals surface area contributed by atoms with Gasteiger partial charge in [-0.25, -0.2) is 9.97 Å². The van der Waals surface area contributed by atoms with Crippen molar-refractivity contribution in [2.45, 2.75) is 46.0 Å². The van der Waals surface area contributed by atoms with Gasteiger partial charge in [-0.15, -0.1) is 11.3 Å². The van der Waals surface area contributed by atoms with Gasteiger partial charge in [0.2, 0.25) is 0 Å². The number of carbonyl (C=O) groups excluding carboxylic acids is 1. The third-order valence-electron chi connectivity index (χ3n) is 5.12. The van der Waals surface area contributed by atoms with E-state index in [-0.39, 0.29) is 11.8 Å². The molecule has 0 unspecified atom stereocenters. The fraction of sp³-hybridized carbons (Fsp3) is 0.476. The third kappa shape index (κ3) is 3.94. The van der Waals surface area contributed by atoms with Gasteiger partial charge in [0.25, 0.3) is 5.91 Å². The predicted octanol–water partition coefficient (Wildman–Crippen LogP) is 5.46. The highest BCUT2D eigenvalue weighted by Crippen LogP contribution is 2.32. The Balaban J connectivity index is 1.43. The fourth-order valence-corrected chi connectivity index (χ4v) is 5.06. The summed E-state index contributed by atoms with van der Waals surface area (Å²) in [4.78, 5) is 24.9. The molecule has 148 valence electrons. The first-order valence-electron chi connectivity index (χ1n) is 9.72. The molecule has 3 aromatic rings. The lowest BCUT2D eigenvalue weighted by Crippen LogP contribution is -2.37. The maximum absolute atomic E-state index is 13.0. The Bertz CT molecular complexity index is 1000. The summed E-state index contributed by atoms with van der Waals surface area (Å²) in [7, 11) is 0. The summed E-state index contributed by atoms with van der Waals surface area (Å²) in [5.74, 6) is 1.62. The average Bonchev–Trinajstić information content (AvgIpc) is 3.23. The Morgan fingerprint density at radius 3 is 2.79 bits per heavy atom. The van der Waals surface area contributed by atoms with Crippen LogP contribution in [0.5, 0.6) is 0 Å². The first-order chi connectivity index (χ1) is 13.4. The number of thiazole rings is 1. The lowest BCUT2D eigenvalue weighted by molar-refractivity contribution is 0.0710. The molecule has 1 fully saturated rings. The van der Waals surface area contributed by atoms with Crippen molar-refractivity contribution < 1.29 is 9.21 Å². The van der Waals surface area contributed by atoms with Crippen LogP contribution in [0.1, 0.15) is 58.9 Å². The van der Waals surface area contributed by atoms with E-state index >= 15 is 0 Å². The number of carbonyl (C=O) groups is 1. The fourth-order valence-electron chi connectivity index (χ4n) is 3.65. The highest BCUT2D eigenvalue weighted by Gasteiger charge is 2.29. The maximum Gasteiger partial charge on any atom is 0.265 e. The number of hydrogen-bond acceptors (Lipinski definition) is 5. The number of likely N-dealkylation sites (tertiary alicyclic amines) is 1. The second kappa shape index (κ2) is 7.84. The van der Waals surface area contributed by atoms with Crippen LogP contribution in [0.15, 0.2) is 22.6 Å². The van der Waals surface area contributed by atoms with Crippen molar-refractivity contribution in [2.24, 2.45) is 5.92 Å². The van der Waals surface area contributed by atoms with Gasteiger partial charge in [0, 0.05) is 30.5 Å². The van der Waals surface area contributed by atoms with Crippen molar-refractivity contribution in [1.29, 1.82) is 0 Å². The molecule has 1 aliphatic heterocycles. The summed E-state index contributed by atoms with van der Waals surface area (Å²) >= 11 is 7.58. The standard InChI is InChI=1S/C21H24ClN3O2S/c1-12(2)10-18-23-13(3)19(28-18)21(26)25-8-6-14(7-9-25)20-24-16-11-15(22)4-5-17(16)27-20/h4-5,11-12,14H,6-10H2,1-3H3. The van der Waals surface area contributed by atoms with Gasteiger partial charge in [-0.2, -0.15) is 0 Å². The van der Waals surface area contributed by atoms with Crippen molar-refractivity contribution in [3.8, 4) is 0 Å². The van der Waals surface area contributed by atoms with Gasteiger partial charge in [0.05, 0.1) is 10.7 Å². The Hall–Kier alpha value is -1.92. The van der Waals surface area contributed by atoms with Crippen LogP contribution in [0.3, 0.4) is 0 Å². The minimum absolute atomic E-state index is 0.104. The highest BCUT2D eigenvalue weighted by atomic mass is 35.5. The van der Waals surface area contributed by atoms with Gasteiger partial charge in [0.1, 0.15) is 10.4 Å². The first-order valence-corrected chi connectivity index (χ1v) is 10.9. The minimum atomic E-state index is 0.104. The largest absolute Gasteiger partial charge is 0.440 e. The van der Waals surface area contributed by atoms with Crippen molar-refractivity contribution in [3.63, 3.8) is 0 Å². The molecule has 2 aromatic heterocycles. The second-order valence-corrected chi connectivity index (χ2v) is 9.37. The average molecular weight is 418 g/mol. The van der Waals surface area contributed by atoms with E-state index in [0.29, 0.717) is 24.0 Å². The minimum Gasteiger partial charge on any atom is -0.440 e. The number of hydrogen-bond donors (Lipinski definition) is 0. The second-order valence-electron chi connectivity index (χ2n) is 7.85. The first kappa shape index (κ1) is 19.4. The monoisotopic (exact) mass is 417 g/mol. The number of aryl methyl sites for hydroxylation is 1. The number of amides is 1. The molecule has 1 aromatic carbocycles. The number of rotatable bonds is 4. The molecule has 0 saturated carbocycles. The molecule has 7 heteroatoms. The Morgan fingerprint density at radius 2 is 2.07 bits per heavy atom. The van der Waals surface area contributed by atoms with Crippen molar-refractivity contribution in [3.05, 3.63) is 44.7 Å². The SMILES string of the molecule is Cc1nc(CC(C)C)sc1C(=O)N1CCC(c2nc3cc(Cl)ccc3o2)CC1. The predicted molar refractivity (Wildman–Crippen MR) is 112 cm³/mol. The van der Waals surface area contributed by atoms with Crippen LogP contribution in [0.4, 0.5) is 0 Å². The lowest BCUT2D eigenvalue weighted by atomic mass is 9.96. The van der Waals surface area contributed by atoms with Crippen LogP contribution in [0.2, 0.25) is 5.02 Å². The van der Waals surface area contributed by atoms with E-state index in [1.807, 2.05) is 30.0 Å². The van der Waals surface area contributed by atoms with Gasteiger partial charge >= 0.3 is 0 Å². The molecule has 0 aliphatic carbocycles. The number of piperidine rings is 1. The van der Waals surface area contributed by atoms with Gasteiger partial charge in [-0.3, -0.25) is 4.79 Å². The molecule has 1 amide bonds. The summed E-state index contributed by atoms with van der Waals surface area (Å²) in [6.45, 7) is 7.69. The molecule has 3 heterocycles. The number of aromatic nitrogens is 2. The molecule has 0 radical (unpaired) electrons. The maximum atomic E-state index is 13.0. The van der Waals surface area contributed by atoms with Crippen molar-refractivity contribution in [1.82, 2.24) is 14.9 Å². The van der Waals surface area contributed by atoms with Gasteiger partial charge in [-0.05, 0) is 43.9 Å². The summed E-state index contributed by atoms with van der Waals surface area (Å²) in [6.07, 6.45) is 2.62. The van der Waals surface area contributed by atoms with E-state index in [9.17, 15) is 4.79 Å². The van der Waals surface area contributed by atoms with Crippen molar-refractivity contribution in [2.75, 3.05) is 13.1 Å². The van der Waals surface area contributed by atoms with E-state index < -0.39 is 0 Å². The quantitative estimate of drug-likeness (QED) is 0.565. The van der Waals surface area contributed by atoms with Crippen LogP contribution in [-0.4, -0.2) is 33.9 Å². The van der Waals surface area contributed by atoms with Crippen molar-refractivity contribution >= 4 is 39.9 Å². The normalized spacial score (nSPS) is 15.7. The van der Waals surface area contributed by atoms with Crippen LogP contribution in [-0.2, 0) is 6.42 Å².